The quantitative estimate of drug-likeness (QED) is 0.598. The monoisotopic (exact) mass is 456 g/mol. The number of nitrogens with one attached hydrogen (secondary N) is 1. The summed E-state index contributed by atoms with van der Waals surface area (Å²) in [5, 5.41) is 1.86. The smallest absolute Gasteiger partial charge is 0.290 e. The summed E-state index contributed by atoms with van der Waals surface area (Å²) in [7, 11) is 3.93. The van der Waals surface area contributed by atoms with Gasteiger partial charge in [-0.15, -0.1) is 0 Å². The number of ether oxygens (including phenoxy) is 1. The third-order valence-corrected chi connectivity index (χ3v) is 5.63. The number of rotatable bonds is 7. The van der Waals surface area contributed by atoms with Gasteiger partial charge in [-0.05, 0) is 38.0 Å². The van der Waals surface area contributed by atoms with E-state index in [0.717, 1.165) is 31.4 Å². The minimum atomic E-state index is -0.424. The molecule has 32 heavy (non-hydrogen) atoms. The lowest BCUT2D eigenvalue weighted by atomic mass is 10.3. The molecule has 0 aromatic carbocycles. The van der Waals surface area contributed by atoms with Crippen LogP contribution in [0.2, 0.25) is 0 Å². The van der Waals surface area contributed by atoms with Crippen LogP contribution in [-0.2, 0) is 4.79 Å². The molecule has 12 heteroatoms. The molecule has 2 aliphatic rings. The Balaban J connectivity index is 1.53. The van der Waals surface area contributed by atoms with Crippen LogP contribution in [-0.4, -0.2) is 89.4 Å². The predicted octanol–water partition coefficient (Wildman–Crippen LogP) is 0.857. The Morgan fingerprint density at radius 1 is 1.09 bits per heavy atom. The standard InChI is InChI=1S/C20H24N8O3S/c1-26(2)10-11-31-16-13-14(12-15-17(29)25-20(30)32-15)23-19(24-16)28-8-6-27(7-9-28)18-21-4-3-5-22-18/h3-5,12-13H,6-11H2,1-2H3,(H,25,29,30)/b15-12+. The maximum atomic E-state index is 11.9. The normalized spacial score (nSPS) is 17.9. The van der Waals surface area contributed by atoms with Crippen molar-refractivity contribution >= 4 is 40.9 Å². The number of anilines is 2. The van der Waals surface area contributed by atoms with Gasteiger partial charge in [0.15, 0.2) is 0 Å². The largest absolute Gasteiger partial charge is 0.476 e. The first kappa shape index (κ1) is 22.0. The summed E-state index contributed by atoms with van der Waals surface area (Å²) >= 11 is 0.855. The molecule has 2 aromatic rings. The lowest BCUT2D eigenvalue weighted by molar-refractivity contribution is -0.115. The fourth-order valence-electron chi connectivity index (χ4n) is 3.17. The number of imide groups is 1. The Bertz CT molecular complexity index is 1010. The number of carbonyl (C=O) groups is 2. The van der Waals surface area contributed by atoms with E-state index in [-0.39, 0.29) is 0 Å². The van der Waals surface area contributed by atoms with Crippen LogP contribution in [0.5, 0.6) is 5.88 Å². The van der Waals surface area contributed by atoms with Crippen molar-refractivity contribution in [1.29, 1.82) is 0 Å². The molecule has 0 spiro atoms. The second kappa shape index (κ2) is 9.92. The van der Waals surface area contributed by atoms with Crippen LogP contribution in [0, 0.1) is 0 Å². The number of piperazine rings is 1. The SMILES string of the molecule is CN(C)CCOc1cc(/C=C2/SC(=O)NC2=O)nc(N2CCN(c3ncccn3)CC2)n1. The molecule has 0 radical (unpaired) electrons. The summed E-state index contributed by atoms with van der Waals surface area (Å²) in [6.45, 7) is 4.02. The summed E-state index contributed by atoms with van der Waals surface area (Å²) in [6.07, 6.45) is 5.05. The Kier molecular flexibility index (Phi) is 6.81. The van der Waals surface area contributed by atoms with Crippen LogP contribution >= 0.6 is 11.8 Å². The van der Waals surface area contributed by atoms with Gasteiger partial charge in [0.2, 0.25) is 17.8 Å². The molecule has 0 saturated carbocycles. The first-order chi connectivity index (χ1) is 15.5. The predicted molar refractivity (Wildman–Crippen MR) is 122 cm³/mol. The minimum Gasteiger partial charge on any atom is -0.476 e. The van der Waals surface area contributed by atoms with E-state index in [2.05, 4.69) is 35.1 Å². The average molecular weight is 457 g/mol. The second-order valence-corrected chi connectivity index (χ2v) is 8.47. The van der Waals surface area contributed by atoms with Crippen LogP contribution in [0.25, 0.3) is 6.08 Å². The molecule has 4 heterocycles. The van der Waals surface area contributed by atoms with Crippen LogP contribution < -0.4 is 19.9 Å². The number of aromatic nitrogens is 4. The molecule has 0 atom stereocenters. The Morgan fingerprint density at radius 2 is 1.78 bits per heavy atom. The molecule has 0 bridgehead atoms. The topological polar surface area (TPSA) is 117 Å². The van der Waals surface area contributed by atoms with Crippen molar-refractivity contribution in [1.82, 2.24) is 30.2 Å². The van der Waals surface area contributed by atoms with Gasteiger partial charge in [-0.1, -0.05) is 0 Å². The summed E-state index contributed by atoms with van der Waals surface area (Å²) in [4.78, 5) is 47.8. The highest BCUT2D eigenvalue weighted by atomic mass is 32.2. The third kappa shape index (κ3) is 5.51. The zero-order valence-electron chi connectivity index (χ0n) is 17.9. The summed E-state index contributed by atoms with van der Waals surface area (Å²) < 4.78 is 5.84. The lowest BCUT2D eigenvalue weighted by Crippen LogP contribution is -2.47. The zero-order chi connectivity index (χ0) is 22.5. The van der Waals surface area contributed by atoms with Gasteiger partial charge in [0.05, 0.1) is 10.6 Å². The average Bonchev–Trinajstić information content (AvgIpc) is 3.10. The maximum absolute atomic E-state index is 11.9. The number of hydrogen-bond acceptors (Lipinski definition) is 11. The van der Waals surface area contributed by atoms with Crippen molar-refractivity contribution in [2.45, 2.75) is 0 Å². The molecule has 2 aromatic heterocycles. The van der Waals surface area contributed by atoms with Crippen molar-refractivity contribution in [3.63, 3.8) is 0 Å². The first-order valence-corrected chi connectivity index (χ1v) is 11.0. The van der Waals surface area contributed by atoms with Crippen LogP contribution in [0.15, 0.2) is 29.4 Å². The van der Waals surface area contributed by atoms with Gasteiger partial charge in [0.25, 0.3) is 11.1 Å². The molecular weight excluding hydrogens is 432 g/mol. The molecular formula is C20H24N8O3S. The van der Waals surface area contributed by atoms with Gasteiger partial charge in [0.1, 0.15) is 6.61 Å². The molecule has 11 nitrogen and oxygen atoms in total. The summed E-state index contributed by atoms with van der Waals surface area (Å²) in [5.41, 5.74) is 0.510. The van der Waals surface area contributed by atoms with E-state index in [1.54, 1.807) is 30.6 Å². The number of likely N-dealkylation sites (N-methyl/N-ethyl adjacent to an activating group) is 1. The van der Waals surface area contributed by atoms with E-state index >= 15 is 0 Å². The van der Waals surface area contributed by atoms with Crippen LogP contribution in [0.3, 0.4) is 0 Å². The van der Waals surface area contributed by atoms with Gasteiger partial charge >= 0.3 is 0 Å². The highest BCUT2D eigenvalue weighted by Gasteiger charge is 2.26. The molecule has 2 fully saturated rings. The summed E-state index contributed by atoms with van der Waals surface area (Å²) in [6, 6.07) is 3.47. The van der Waals surface area contributed by atoms with Crippen LogP contribution in [0.1, 0.15) is 5.69 Å². The van der Waals surface area contributed by atoms with E-state index in [4.69, 9.17) is 4.74 Å². The second-order valence-electron chi connectivity index (χ2n) is 7.46. The van der Waals surface area contributed by atoms with Crippen molar-refractivity contribution in [2.24, 2.45) is 0 Å². The van der Waals surface area contributed by atoms with Crippen molar-refractivity contribution < 1.29 is 14.3 Å². The molecule has 4 rings (SSSR count). The van der Waals surface area contributed by atoms with Crippen molar-refractivity contribution in [2.75, 3.05) is 63.2 Å². The Labute approximate surface area is 189 Å². The Morgan fingerprint density at radius 3 is 2.41 bits per heavy atom. The van der Waals surface area contributed by atoms with E-state index in [1.807, 2.05) is 19.0 Å². The number of carbonyl (C=O) groups excluding carboxylic acids is 2. The zero-order valence-corrected chi connectivity index (χ0v) is 18.7. The van der Waals surface area contributed by atoms with Crippen molar-refractivity contribution in [3.05, 3.63) is 35.1 Å². The fraction of sp³-hybridized carbons (Fsp3) is 0.400. The van der Waals surface area contributed by atoms with Gasteiger partial charge in [-0.3, -0.25) is 14.9 Å². The van der Waals surface area contributed by atoms with Crippen molar-refractivity contribution in [3.8, 4) is 5.88 Å². The highest BCUT2D eigenvalue weighted by molar-refractivity contribution is 8.18. The molecule has 2 saturated heterocycles. The first-order valence-electron chi connectivity index (χ1n) is 10.2. The fourth-order valence-corrected chi connectivity index (χ4v) is 3.84. The highest BCUT2D eigenvalue weighted by Crippen LogP contribution is 2.27. The van der Waals surface area contributed by atoms with E-state index in [9.17, 15) is 9.59 Å². The minimum absolute atomic E-state index is 0.296. The molecule has 168 valence electrons. The van der Waals surface area contributed by atoms with E-state index < -0.39 is 11.1 Å². The van der Waals surface area contributed by atoms with E-state index in [1.165, 1.54) is 0 Å². The maximum Gasteiger partial charge on any atom is 0.290 e. The molecule has 0 aliphatic carbocycles. The Hall–Kier alpha value is -3.25. The molecule has 1 N–H and O–H groups in total. The third-order valence-electron chi connectivity index (χ3n) is 4.82. The number of amides is 2. The van der Waals surface area contributed by atoms with Gasteiger partial charge in [0, 0.05) is 51.2 Å². The number of nitrogens with zero attached hydrogens (tertiary/aromatic N) is 7. The molecule has 2 aliphatic heterocycles. The lowest BCUT2D eigenvalue weighted by Gasteiger charge is -2.34. The summed E-state index contributed by atoms with van der Waals surface area (Å²) in [5.74, 6) is 1.22. The van der Waals surface area contributed by atoms with E-state index in [0.29, 0.717) is 48.1 Å². The molecule has 0 unspecified atom stereocenters. The number of thioether (sulfide) groups is 1. The molecule has 2 amide bonds. The van der Waals surface area contributed by atoms with Gasteiger partial charge in [-0.2, -0.15) is 4.98 Å². The van der Waals surface area contributed by atoms with Gasteiger partial charge < -0.3 is 19.4 Å². The van der Waals surface area contributed by atoms with Crippen LogP contribution in [0.4, 0.5) is 16.7 Å². The number of hydrogen-bond donors (Lipinski definition) is 1. The van der Waals surface area contributed by atoms with Gasteiger partial charge in [-0.25, -0.2) is 15.0 Å².